The third kappa shape index (κ3) is 4.21. The minimum Gasteiger partial charge on any atom is -0.483 e. The lowest BCUT2D eigenvalue weighted by Crippen LogP contribution is -2.54. The van der Waals surface area contributed by atoms with E-state index >= 15 is 0 Å². The minimum atomic E-state index is -1.22. The molecule has 0 unspecified atom stereocenters. The zero-order chi connectivity index (χ0) is 16.0. The van der Waals surface area contributed by atoms with Crippen molar-refractivity contribution in [2.75, 3.05) is 6.61 Å². The van der Waals surface area contributed by atoms with E-state index in [0.717, 1.165) is 11.1 Å². The molecule has 0 saturated carbocycles. The van der Waals surface area contributed by atoms with Crippen molar-refractivity contribution in [2.45, 2.75) is 46.1 Å². The summed E-state index contributed by atoms with van der Waals surface area (Å²) in [5.41, 5.74) is 0.754. The Kier molecular flexibility index (Phi) is 5.76. The van der Waals surface area contributed by atoms with Crippen LogP contribution in [0.4, 0.5) is 0 Å². The molecule has 0 aliphatic heterocycles. The molecule has 0 aliphatic carbocycles. The van der Waals surface area contributed by atoms with Gasteiger partial charge in [-0.25, -0.2) is 4.79 Å². The monoisotopic (exact) mass is 293 g/mol. The molecule has 5 heteroatoms. The van der Waals surface area contributed by atoms with Gasteiger partial charge in [-0.2, -0.15) is 0 Å². The molecule has 0 spiro atoms. The second-order valence-electron chi connectivity index (χ2n) is 5.20. The van der Waals surface area contributed by atoms with Crippen LogP contribution in [0.5, 0.6) is 5.75 Å². The normalized spacial score (nSPS) is 11.0. The number of carboxylic acid groups (broad SMARTS) is 1. The molecule has 0 atom stereocenters. The summed E-state index contributed by atoms with van der Waals surface area (Å²) < 4.78 is 5.49. The van der Waals surface area contributed by atoms with E-state index in [9.17, 15) is 14.7 Å². The number of hydrogen-bond acceptors (Lipinski definition) is 3. The first-order valence-electron chi connectivity index (χ1n) is 7.09. The third-order valence-corrected chi connectivity index (χ3v) is 3.70. The van der Waals surface area contributed by atoms with Crippen molar-refractivity contribution in [3.8, 4) is 5.75 Å². The summed E-state index contributed by atoms with van der Waals surface area (Å²) in [5.74, 6) is -0.811. The fourth-order valence-electron chi connectivity index (χ4n) is 2.09. The first-order chi connectivity index (χ1) is 9.84. The topological polar surface area (TPSA) is 75.6 Å². The van der Waals surface area contributed by atoms with E-state index in [0.29, 0.717) is 18.6 Å². The lowest BCUT2D eigenvalue weighted by Gasteiger charge is -2.28. The predicted octanol–water partition coefficient (Wildman–Crippen LogP) is 2.44. The highest BCUT2D eigenvalue weighted by Gasteiger charge is 2.36. The van der Waals surface area contributed by atoms with Gasteiger partial charge in [-0.05, 0) is 43.9 Å². The van der Waals surface area contributed by atoms with Crippen LogP contribution in [-0.4, -0.2) is 29.1 Å². The molecule has 1 rings (SSSR count). The summed E-state index contributed by atoms with van der Waals surface area (Å²) in [7, 11) is 0. The van der Waals surface area contributed by atoms with Gasteiger partial charge in [0, 0.05) is 0 Å². The molecule has 1 aromatic rings. The average molecular weight is 293 g/mol. The smallest absolute Gasteiger partial charge is 0.329 e. The first kappa shape index (κ1) is 17.0. The number of aryl methyl sites for hydroxylation is 2. The molecule has 0 saturated heterocycles. The molecule has 1 aromatic carbocycles. The fraction of sp³-hybridized carbons (Fsp3) is 0.500. The van der Waals surface area contributed by atoms with E-state index in [1.165, 1.54) is 0 Å². The van der Waals surface area contributed by atoms with E-state index in [-0.39, 0.29) is 6.61 Å². The van der Waals surface area contributed by atoms with Crippen LogP contribution < -0.4 is 10.1 Å². The molecule has 21 heavy (non-hydrogen) atoms. The van der Waals surface area contributed by atoms with E-state index in [1.54, 1.807) is 13.8 Å². The van der Waals surface area contributed by atoms with E-state index < -0.39 is 17.4 Å². The minimum absolute atomic E-state index is 0.195. The summed E-state index contributed by atoms with van der Waals surface area (Å²) in [5, 5.41) is 11.9. The molecule has 2 N–H and O–H groups in total. The molecule has 0 heterocycles. The molecular weight excluding hydrogens is 270 g/mol. The highest BCUT2D eigenvalue weighted by molar-refractivity contribution is 5.87. The van der Waals surface area contributed by atoms with Crippen LogP contribution in [0.25, 0.3) is 0 Å². The Morgan fingerprint density at radius 3 is 2.38 bits per heavy atom. The van der Waals surface area contributed by atoms with Gasteiger partial charge in [0.1, 0.15) is 11.3 Å². The maximum absolute atomic E-state index is 12.0. The lowest BCUT2D eigenvalue weighted by molar-refractivity contribution is -0.148. The van der Waals surface area contributed by atoms with Crippen LogP contribution in [-0.2, 0) is 9.59 Å². The van der Waals surface area contributed by atoms with Gasteiger partial charge in [0.2, 0.25) is 0 Å². The second kappa shape index (κ2) is 7.11. The molecule has 0 radical (unpaired) electrons. The number of hydrogen-bond donors (Lipinski definition) is 2. The van der Waals surface area contributed by atoms with E-state index in [1.807, 2.05) is 32.0 Å². The van der Waals surface area contributed by atoms with Crippen LogP contribution in [0.3, 0.4) is 0 Å². The predicted molar refractivity (Wildman–Crippen MR) is 80.5 cm³/mol. The standard InChI is InChI=1S/C16H23NO4/c1-5-16(6-2,15(19)20)17-14(18)10-21-13-9-11(3)7-8-12(13)4/h7-9H,5-6,10H2,1-4H3,(H,17,18)(H,19,20). The van der Waals surface area contributed by atoms with Crippen LogP contribution in [0.15, 0.2) is 18.2 Å². The van der Waals surface area contributed by atoms with E-state index in [2.05, 4.69) is 5.32 Å². The van der Waals surface area contributed by atoms with E-state index in [4.69, 9.17) is 4.74 Å². The van der Waals surface area contributed by atoms with Gasteiger partial charge in [-0.15, -0.1) is 0 Å². The van der Waals surface area contributed by atoms with Crippen LogP contribution in [0.1, 0.15) is 37.8 Å². The SMILES string of the molecule is CCC(CC)(NC(=O)COc1cc(C)ccc1C)C(=O)O. The largest absolute Gasteiger partial charge is 0.483 e. The number of amides is 1. The molecule has 5 nitrogen and oxygen atoms in total. The van der Waals surface area contributed by atoms with Gasteiger partial charge in [0.25, 0.3) is 5.91 Å². The van der Waals surface area contributed by atoms with Crippen molar-refractivity contribution in [1.82, 2.24) is 5.32 Å². The Balaban J connectivity index is 2.69. The van der Waals surface area contributed by atoms with Crippen LogP contribution in [0, 0.1) is 13.8 Å². The highest BCUT2D eigenvalue weighted by Crippen LogP contribution is 2.19. The van der Waals surface area contributed by atoms with Crippen LogP contribution >= 0.6 is 0 Å². The maximum atomic E-state index is 12.0. The molecule has 0 aliphatic rings. The van der Waals surface area contributed by atoms with Gasteiger partial charge in [0.15, 0.2) is 6.61 Å². The Morgan fingerprint density at radius 1 is 1.24 bits per heavy atom. The molecule has 0 bridgehead atoms. The third-order valence-electron chi connectivity index (χ3n) is 3.70. The summed E-state index contributed by atoms with van der Waals surface area (Å²) in [6.07, 6.45) is 0.655. The summed E-state index contributed by atoms with van der Waals surface area (Å²) in [4.78, 5) is 23.3. The Labute approximate surface area is 125 Å². The number of ether oxygens (including phenoxy) is 1. The van der Waals surface area contributed by atoms with Gasteiger partial charge < -0.3 is 15.2 Å². The van der Waals surface area contributed by atoms with Crippen molar-refractivity contribution in [2.24, 2.45) is 0 Å². The van der Waals surface area contributed by atoms with Gasteiger partial charge in [-0.3, -0.25) is 4.79 Å². The lowest BCUT2D eigenvalue weighted by atomic mass is 9.93. The molecule has 0 fully saturated rings. The quantitative estimate of drug-likeness (QED) is 0.809. The maximum Gasteiger partial charge on any atom is 0.329 e. The van der Waals surface area contributed by atoms with Crippen molar-refractivity contribution in [3.63, 3.8) is 0 Å². The molecule has 0 aromatic heterocycles. The zero-order valence-corrected chi connectivity index (χ0v) is 13.0. The van der Waals surface area contributed by atoms with Gasteiger partial charge in [-0.1, -0.05) is 26.0 Å². The Morgan fingerprint density at radius 2 is 1.86 bits per heavy atom. The van der Waals surface area contributed by atoms with Crippen molar-refractivity contribution >= 4 is 11.9 Å². The number of carbonyl (C=O) groups excluding carboxylic acids is 1. The number of rotatable bonds is 7. The number of carbonyl (C=O) groups is 2. The zero-order valence-electron chi connectivity index (χ0n) is 13.0. The van der Waals surface area contributed by atoms with Crippen LogP contribution in [0.2, 0.25) is 0 Å². The fourth-order valence-corrected chi connectivity index (χ4v) is 2.09. The number of carboxylic acids is 1. The summed E-state index contributed by atoms with van der Waals surface area (Å²) in [6, 6.07) is 5.74. The Bertz CT molecular complexity index is 521. The van der Waals surface area contributed by atoms with Crippen molar-refractivity contribution < 1.29 is 19.4 Å². The summed E-state index contributed by atoms with van der Waals surface area (Å²) >= 11 is 0. The van der Waals surface area contributed by atoms with Crippen molar-refractivity contribution in [1.29, 1.82) is 0 Å². The average Bonchev–Trinajstić information content (AvgIpc) is 2.45. The number of aliphatic carboxylic acids is 1. The van der Waals surface area contributed by atoms with Gasteiger partial charge >= 0.3 is 5.97 Å². The molecule has 116 valence electrons. The first-order valence-corrected chi connectivity index (χ1v) is 7.09. The van der Waals surface area contributed by atoms with Gasteiger partial charge in [0.05, 0.1) is 0 Å². The number of benzene rings is 1. The highest BCUT2D eigenvalue weighted by atomic mass is 16.5. The number of nitrogens with one attached hydrogen (secondary N) is 1. The second-order valence-corrected chi connectivity index (χ2v) is 5.20. The molecule has 1 amide bonds. The summed E-state index contributed by atoms with van der Waals surface area (Å²) in [6.45, 7) is 7.12. The molecular formula is C16H23NO4. The Hall–Kier alpha value is -2.04. The van der Waals surface area contributed by atoms with Crippen molar-refractivity contribution in [3.05, 3.63) is 29.3 Å².